The Morgan fingerprint density at radius 1 is 1.42 bits per heavy atom. The standard InChI is InChI=1S/C14H17N4O/c1-9(2)7-17-10(3)16-11-8-18(19)12-5-4-6-15-13(12)14(11)17/h4-6,8-9,19H,7H2,1-3H3/q+1. The van der Waals surface area contributed by atoms with Crippen LogP contribution in [0.5, 0.6) is 0 Å². The molecule has 1 N–H and O–H groups in total. The van der Waals surface area contributed by atoms with E-state index in [0.717, 1.165) is 33.6 Å². The molecular formula is C14H17N4O+. The first-order chi connectivity index (χ1) is 9.08. The third kappa shape index (κ3) is 1.82. The molecule has 0 fully saturated rings. The summed E-state index contributed by atoms with van der Waals surface area (Å²) in [6.07, 6.45) is 3.38. The zero-order valence-corrected chi connectivity index (χ0v) is 11.3. The maximum atomic E-state index is 9.98. The van der Waals surface area contributed by atoms with Crippen LogP contribution in [0.4, 0.5) is 0 Å². The molecule has 19 heavy (non-hydrogen) atoms. The van der Waals surface area contributed by atoms with Crippen molar-refractivity contribution in [2.45, 2.75) is 27.3 Å². The lowest BCUT2D eigenvalue weighted by Crippen LogP contribution is -2.30. The molecule has 0 amide bonds. The lowest BCUT2D eigenvalue weighted by molar-refractivity contribution is -0.883. The quantitative estimate of drug-likeness (QED) is 0.565. The number of rotatable bonds is 2. The normalized spacial score (nSPS) is 11.8. The molecule has 0 unspecified atom stereocenters. The Labute approximate surface area is 111 Å². The third-order valence-electron chi connectivity index (χ3n) is 3.24. The zero-order chi connectivity index (χ0) is 13.6. The number of pyridine rings is 2. The van der Waals surface area contributed by atoms with Crippen molar-refractivity contribution in [3.63, 3.8) is 0 Å². The number of hydrogen-bond donors (Lipinski definition) is 1. The molecule has 3 heterocycles. The molecule has 3 aromatic heterocycles. The van der Waals surface area contributed by atoms with Gasteiger partial charge in [0, 0.05) is 23.5 Å². The van der Waals surface area contributed by atoms with Crippen molar-refractivity contribution in [1.82, 2.24) is 14.5 Å². The molecule has 3 rings (SSSR count). The average molecular weight is 257 g/mol. The minimum atomic E-state index is 0.524. The number of hydrogen-bond acceptors (Lipinski definition) is 3. The summed E-state index contributed by atoms with van der Waals surface area (Å²) >= 11 is 0. The van der Waals surface area contributed by atoms with Gasteiger partial charge >= 0.3 is 0 Å². The molecule has 5 nitrogen and oxygen atoms in total. The fourth-order valence-corrected chi connectivity index (χ4v) is 2.46. The van der Waals surface area contributed by atoms with Crippen LogP contribution in [0.1, 0.15) is 19.7 Å². The van der Waals surface area contributed by atoms with E-state index in [2.05, 4.69) is 28.4 Å². The summed E-state index contributed by atoms with van der Waals surface area (Å²) in [5.41, 5.74) is 3.24. The van der Waals surface area contributed by atoms with E-state index < -0.39 is 0 Å². The Morgan fingerprint density at radius 2 is 2.21 bits per heavy atom. The summed E-state index contributed by atoms with van der Waals surface area (Å²) in [6, 6.07) is 3.67. The van der Waals surface area contributed by atoms with Gasteiger partial charge in [-0.05, 0) is 18.9 Å². The van der Waals surface area contributed by atoms with Gasteiger partial charge in [0.15, 0.2) is 11.0 Å². The monoisotopic (exact) mass is 257 g/mol. The smallest absolute Gasteiger partial charge is 0.285 e. The molecule has 0 aliphatic heterocycles. The molecule has 0 radical (unpaired) electrons. The van der Waals surface area contributed by atoms with E-state index in [1.165, 1.54) is 0 Å². The van der Waals surface area contributed by atoms with Crippen LogP contribution in [0.25, 0.3) is 22.1 Å². The molecule has 5 heteroatoms. The molecule has 0 atom stereocenters. The summed E-state index contributed by atoms with van der Waals surface area (Å²) in [5, 5.41) is 9.98. The van der Waals surface area contributed by atoms with Crippen molar-refractivity contribution >= 4 is 22.1 Å². The predicted molar refractivity (Wildman–Crippen MR) is 72.0 cm³/mol. The van der Waals surface area contributed by atoms with Crippen molar-refractivity contribution in [3.8, 4) is 0 Å². The number of imidazole rings is 1. The minimum absolute atomic E-state index is 0.524. The van der Waals surface area contributed by atoms with Crippen LogP contribution >= 0.6 is 0 Å². The van der Waals surface area contributed by atoms with Crippen LogP contribution in [-0.2, 0) is 6.54 Å². The largest absolute Gasteiger partial charge is 0.326 e. The highest BCUT2D eigenvalue weighted by Gasteiger charge is 2.20. The second kappa shape index (κ2) is 4.19. The molecule has 0 spiro atoms. The number of aryl methyl sites for hydroxylation is 1. The van der Waals surface area contributed by atoms with Gasteiger partial charge in [0.1, 0.15) is 11.3 Å². The number of aromatic nitrogens is 4. The predicted octanol–water partition coefficient (Wildman–Crippen LogP) is 2.07. The summed E-state index contributed by atoms with van der Waals surface area (Å²) in [7, 11) is 0. The first-order valence-electron chi connectivity index (χ1n) is 6.43. The molecular weight excluding hydrogens is 240 g/mol. The molecule has 0 saturated heterocycles. The lowest BCUT2D eigenvalue weighted by Gasteiger charge is -2.09. The fourth-order valence-electron chi connectivity index (χ4n) is 2.46. The second-order valence-corrected chi connectivity index (χ2v) is 5.24. The van der Waals surface area contributed by atoms with Crippen LogP contribution in [-0.4, -0.2) is 19.7 Å². The molecule has 98 valence electrons. The van der Waals surface area contributed by atoms with E-state index in [0.29, 0.717) is 11.4 Å². The van der Waals surface area contributed by atoms with Gasteiger partial charge in [0.25, 0.3) is 11.7 Å². The van der Waals surface area contributed by atoms with Crippen molar-refractivity contribution in [2.24, 2.45) is 5.92 Å². The van der Waals surface area contributed by atoms with E-state index in [-0.39, 0.29) is 0 Å². The number of fused-ring (bicyclic) bond motifs is 3. The van der Waals surface area contributed by atoms with Gasteiger partial charge in [-0.2, -0.15) is 0 Å². The Morgan fingerprint density at radius 3 is 2.95 bits per heavy atom. The molecule has 3 aromatic rings. The molecule has 0 aliphatic rings. The second-order valence-electron chi connectivity index (χ2n) is 5.24. The molecule has 0 aromatic carbocycles. The van der Waals surface area contributed by atoms with Gasteiger partial charge in [-0.1, -0.05) is 13.8 Å². The van der Waals surface area contributed by atoms with Crippen LogP contribution < -0.4 is 4.73 Å². The van der Waals surface area contributed by atoms with Crippen molar-refractivity contribution in [2.75, 3.05) is 0 Å². The van der Waals surface area contributed by atoms with Gasteiger partial charge in [-0.3, -0.25) is 5.21 Å². The first kappa shape index (κ1) is 11.9. The summed E-state index contributed by atoms with van der Waals surface area (Å²) in [5.74, 6) is 1.47. The Bertz CT molecular complexity index is 761. The van der Waals surface area contributed by atoms with E-state index in [4.69, 9.17) is 0 Å². The summed E-state index contributed by atoms with van der Waals surface area (Å²) in [6.45, 7) is 7.23. The fraction of sp³-hybridized carbons (Fsp3) is 0.357. The highest BCUT2D eigenvalue weighted by molar-refractivity contribution is 5.97. The SMILES string of the molecule is Cc1nc2c[n+](O)c3cccnc3c2n1CC(C)C. The van der Waals surface area contributed by atoms with Crippen LogP contribution in [0, 0.1) is 12.8 Å². The molecule has 0 aliphatic carbocycles. The van der Waals surface area contributed by atoms with Crippen molar-refractivity contribution < 1.29 is 9.94 Å². The lowest BCUT2D eigenvalue weighted by atomic mass is 10.2. The van der Waals surface area contributed by atoms with E-state index in [9.17, 15) is 5.21 Å². The van der Waals surface area contributed by atoms with E-state index in [1.807, 2.05) is 19.1 Å². The third-order valence-corrected chi connectivity index (χ3v) is 3.24. The highest BCUT2D eigenvalue weighted by Crippen LogP contribution is 2.22. The van der Waals surface area contributed by atoms with Gasteiger partial charge in [0.05, 0.1) is 0 Å². The van der Waals surface area contributed by atoms with Gasteiger partial charge in [-0.25, -0.2) is 9.97 Å². The molecule has 0 saturated carbocycles. The van der Waals surface area contributed by atoms with Crippen LogP contribution in [0.15, 0.2) is 24.5 Å². The first-order valence-corrected chi connectivity index (χ1v) is 6.43. The molecule has 0 bridgehead atoms. The Hall–Kier alpha value is -2.17. The topological polar surface area (TPSA) is 54.8 Å². The van der Waals surface area contributed by atoms with Crippen molar-refractivity contribution in [1.29, 1.82) is 0 Å². The maximum absolute atomic E-state index is 9.98. The minimum Gasteiger partial charge on any atom is -0.326 e. The Balaban J connectivity index is 2.44. The van der Waals surface area contributed by atoms with E-state index >= 15 is 0 Å². The Kier molecular flexibility index (Phi) is 2.62. The number of nitrogens with zero attached hydrogens (tertiary/aromatic N) is 4. The summed E-state index contributed by atoms with van der Waals surface area (Å²) in [4.78, 5) is 8.93. The van der Waals surface area contributed by atoms with Crippen LogP contribution in [0.3, 0.4) is 0 Å². The maximum Gasteiger partial charge on any atom is 0.285 e. The summed E-state index contributed by atoms with van der Waals surface area (Å²) < 4.78 is 3.27. The highest BCUT2D eigenvalue weighted by atomic mass is 16.5. The average Bonchev–Trinajstić information content (AvgIpc) is 2.66. The van der Waals surface area contributed by atoms with E-state index in [1.54, 1.807) is 12.4 Å². The van der Waals surface area contributed by atoms with Gasteiger partial charge < -0.3 is 4.57 Å². The van der Waals surface area contributed by atoms with Gasteiger partial charge in [-0.15, -0.1) is 0 Å². The van der Waals surface area contributed by atoms with Crippen LogP contribution in [0.2, 0.25) is 0 Å². The van der Waals surface area contributed by atoms with Gasteiger partial charge in [0.2, 0.25) is 0 Å². The van der Waals surface area contributed by atoms with Crippen molar-refractivity contribution in [3.05, 3.63) is 30.4 Å². The zero-order valence-electron chi connectivity index (χ0n) is 11.3.